The standard InChI is InChI=1S/C18H14N4O3S/c1-23-12-8-6-11(7-9-12)17-21-22-16(19-20-18(22)26-17)15-10-24-13-4-2-3-5-14(13)25-15/h2-9,15H,10H2,1H3. The molecule has 8 heteroatoms. The average Bonchev–Trinajstić information content (AvgIpc) is 3.28. The minimum atomic E-state index is -0.356. The summed E-state index contributed by atoms with van der Waals surface area (Å²) in [6, 6.07) is 15.4. The maximum atomic E-state index is 6.03. The van der Waals surface area contributed by atoms with Crippen LogP contribution in [0, 0.1) is 0 Å². The lowest BCUT2D eigenvalue weighted by Gasteiger charge is -2.24. The summed E-state index contributed by atoms with van der Waals surface area (Å²) in [4.78, 5) is 0.716. The molecule has 0 fully saturated rings. The van der Waals surface area contributed by atoms with Crippen molar-refractivity contribution in [3.8, 4) is 27.8 Å². The molecule has 7 nitrogen and oxygen atoms in total. The van der Waals surface area contributed by atoms with E-state index in [1.165, 1.54) is 11.3 Å². The minimum absolute atomic E-state index is 0.356. The van der Waals surface area contributed by atoms with Crippen molar-refractivity contribution < 1.29 is 14.2 Å². The Kier molecular flexibility index (Phi) is 3.49. The zero-order valence-corrected chi connectivity index (χ0v) is 14.6. The Morgan fingerprint density at radius 1 is 1.08 bits per heavy atom. The molecule has 4 aromatic rings. The molecule has 2 aromatic heterocycles. The summed E-state index contributed by atoms with van der Waals surface area (Å²) in [5.41, 5.74) is 0.999. The summed E-state index contributed by atoms with van der Waals surface area (Å²) in [5, 5.41) is 14.0. The largest absolute Gasteiger partial charge is 0.497 e. The second-order valence-electron chi connectivity index (χ2n) is 5.75. The van der Waals surface area contributed by atoms with Crippen LogP contribution in [0.4, 0.5) is 0 Å². The summed E-state index contributed by atoms with van der Waals surface area (Å²) < 4.78 is 18.7. The van der Waals surface area contributed by atoms with E-state index in [9.17, 15) is 0 Å². The number of rotatable bonds is 3. The molecule has 5 rings (SSSR count). The van der Waals surface area contributed by atoms with E-state index in [0.717, 1.165) is 22.1 Å². The van der Waals surface area contributed by atoms with Gasteiger partial charge in [0.15, 0.2) is 23.4 Å². The van der Waals surface area contributed by atoms with E-state index in [0.29, 0.717) is 23.1 Å². The van der Waals surface area contributed by atoms with Crippen molar-refractivity contribution in [1.29, 1.82) is 0 Å². The number of ether oxygens (including phenoxy) is 3. The van der Waals surface area contributed by atoms with E-state index in [1.807, 2.05) is 48.5 Å². The zero-order valence-electron chi connectivity index (χ0n) is 13.8. The highest BCUT2D eigenvalue weighted by Gasteiger charge is 2.28. The number of methoxy groups -OCH3 is 1. The molecule has 26 heavy (non-hydrogen) atoms. The summed E-state index contributed by atoms with van der Waals surface area (Å²) in [7, 11) is 1.65. The van der Waals surface area contributed by atoms with Crippen LogP contribution in [0.15, 0.2) is 48.5 Å². The molecule has 0 saturated heterocycles. The van der Waals surface area contributed by atoms with Gasteiger partial charge in [0.1, 0.15) is 17.4 Å². The van der Waals surface area contributed by atoms with Crippen molar-refractivity contribution >= 4 is 16.3 Å². The van der Waals surface area contributed by atoms with E-state index in [2.05, 4.69) is 15.3 Å². The first kappa shape index (κ1) is 15.2. The van der Waals surface area contributed by atoms with E-state index in [-0.39, 0.29) is 6.10 Å². The number of hydrogen-bond donors (Lipinski definition) is 0. The fourth-order valence-corrected chi connectivity index (χ4v) is 3.68. The van der Waals surface area contributed by atoms with Gasteiger partial charge in [-0.05, 0) is 36.4 Å². The van der Waals surface area contributed by atoms with Gasteiger partial charge in [0.2, 0.25) is 4.96 Å². The Hall–Kier alpha value is -3.13. The van der Waals surface area contributed by atoms with E-state index in [4.69, 9.17) is 14.2 Å². The van der Waals surface area contributed by atoms with Crippen molar-refractivity contribution in [2.45, 2.75) is 6.10 Å². The van der Waals surface area contributed by atoms with Crippen LogP contribution in [0.1, 0.15) is 11.9 Å². The van der Waals surface area contributed by atoms with Crippen LogP contribution >= 0.6 is 11.3 Å². The van der Waals surface area contributed by atoms with Crippen LogP contribution in [-0.4, -0.2) is 33.5 Å². The molecular formula is C18H14N4O3S. The minimum Gasteiger partial charge on any atom is -0.497 e. The van der Waals surface area contributed by atoms with Gasteiger partial charge in [-0.1, -0.05) is 23.5 Å². The molecule has 1 unspecified atom stereocenters. The fraction of sp³-hybridized carbons (Fsp3) is 0.167. The molecule has 0 bridgehead atoms. The summed E-state index contributed by atoms with van der Waals surface area (Å²) in [6.07, 6.45) is -0.356. The molecule has 0 spiro atoms. The van der Waals surface area contributed by atoms with E-state index < -0.39 is 0 Å². The van der Waals surface area contributed by atoms with Gasteiger partial charge in [-0.3, -0.25) is 0 Å². The Balaban J connectivity index is 1.49. The second kappa shape index (κ2) is 5.99. The first-order valence-corrected chi connectivity index (χ1v) is 8.88. The molecule has 1 aliphatic heterocycles. The van der Waals surface area contributed by atoms with Crippen LogP contribution in [0.5, 0.6) is 17.2 Å². The van der Waals surface area contributed by atoms with Gasteiger partial charge >= 0.3 is 0 Å². The third-order valence-corrected chi connectivity index (χ3v) is 5.10. The number of benzene rings is 2. The van der Waals surface area contributed by atoms with Crippen molar-refractivity contribution in [3.05, 3.63) is 54.4 Å². The molecule has 2 aromatic carbocycles. The summed E-state index contributed by atoms with van der Waals surface area (Å²) in [6.45, 7) is 0.368. The molecule has 0 amide bonds. The zero-order chi connectivity index (χ0) is 17.5. The molecule has 130 valence electrons. The lowest BCUT2D eigenvalue weighted by molar-refractivity contribution is 0.0836. The van der Waals surface area contributed by atoms with Gasteiger partial charge in [0.25, 0.3) is 0 Å². The van der Waals surface area contributed by atoms with Crippen LogP contribution in [-0.2, 0) is 0 Å². The van der Waals surface area contributed by atoms with Crippen LogP contribution in [0.3, 0.4) is 0 Å². The lowest BCUT2D eigenvalue weighted by Crippen LogP contribution is -2.23. The maximum absolute atomic E-state index is 6.03. The normalized spacial score (nSPS) is 16.0. The number of para-hydroxylation sites is 2. The topological polar surface area (TPSA) is 70.8 Å². The fourth-order valence-electron chi connectivity index (χ4n) is 2.83. The SMILES string of the molecule is COc1ccc(-c2nn3c(C4COc5ccccc5O4)nnc3s2)cc1. The predicted molar refractivity (Wildman–Crippen MR) is 96.0 cm³/mol. The highest BCUT2D eigenvalue weighted by molar-refractivity contribution is 7.19. The monoisotopic (exact) mass is 366 g/mol. The molecular weight excluding hydrogens is 352 g/mol. The van der Waals surface area contributed by atoms with Crippen molar-refractivity contribution in [2.75, 3.05) is 13.7 Å². The molecule has 0 N–H and O–H groups in total. The van der Waals surface area contributed by atoms with E-state index in [1.54, 1.807) is 11.6 Å². The molecule has 1 atom stereocenters. The smallest absolute Gasteiger partial charge is 0.235 e. The van der Waals surface area contributed by atoms with Crippen LogP contribution < -0.4 is 14.2 Å². The van der Waals surface area contributed by atoms with Gasteiger partial charge in [-0.15, -0.1) is 10.2 Å². The third-order valence-electron chi connectivity index (χ3n) is 4.15. The Labute approximate surface area is 152 Å². The van der Waals surface area contributed by atoms with Gasteiger partial charge in [-0.25, -0.2) is 0 Å². The van der Waals surface area contributed by atoms with Crippen LogP contribution in [0.2, 0.25) is 0 Å². The highest BCUT2D eigenvalue weighted by Crippen LogP contribution is 2.36. The predicted octanol–water partition coefficient (Wildman–Crippen LogP) is 3.37. The van der Waals surface area contributed by atoms with Crippen molar-refractivity contribution in [1.82, 2.24) is 19.8 Å². The molecule has 3 heterocycles. The lowest BCUT2D eigenvalue weighted by atomic mass is 10.2. The summed E-state index contributed by atoms with van der Waals surface area (Å²) >= 11 is 1.48. The second-order valence-corrected chi connectivity index (χ2v) is 6.71. The molecule has 0 aliphatic carbocycles. The Bertz CT molecular complexity index is 1070. The first-order chi connectivity index (χ1) is 12.8. The van der Waals surface area contributed by atoms with E-state index >= 15 is 0 Å². The van der Waals surface area contributed by atoms with Crippen LogP contribution in [0.25, 0.3) is 15.5 Å². The molecule has 1 aliphatic rings. The first-order valence-electron chi connectivity index (χ1n) is 8.07. The third kappa shape index (κ3) is 2.46. The highest BCUT2D eigenvalue weighted by atomic mass is 32.1. The van der Waals surface area contributed by atoms with Crippen molar-refractivity contribution in [2.24, 2.45) is 0 Å². The van der Waals surface area contributed by atoms with Gasteiger partial charge in [0, 0.05) is 5.56 Å². The number of fused-ring (bicyclic) bond motifs is 2. The molecule has 0 radical (unpaired) electrons. The van der Waals surface area contributed by atoms with Crippen molar-refractivity contribution in [3.63, 3.8) is 0 Å². The molecule has 0 saturated carbocycles. The Morgan fingerprint density at radius 2 is 1.88 bits per heavy atom. The van der Waals surface area contributed by atoms with Gasteiger partial charge in [-0.2, -0.15) is 9.61 Å². The maximum Gasteiger partial charge on any atom is 0.235 e. The number of hydrogen-bond acceptors (Lipinski definition) is 7. The quantitative estimate of drug-likeness (QED) is 0.554. The van der Waals surface area contributed by atoms with Gasteiger partial charge < -0.3 is 14.2 Å². The number of aromatic nitrogens is 4. The average molecular weight is 366 g/mol. The van der Waals surface area contributed by atoms with Gasteiger partial charge in [0.05, 0.1) is 7.11 Å². The number of nitrogens with zero attached hydrogens (tertiary/aromatic N) is 4. The summed E-state index contributed by atoms with van der Waals surface area (Å²) in [5.74, 6) is 2.88. The Morgan fingerprint density at radius 3 is 2.69 bits per heavy atom.